The number of pyridine rings is 1. The normalized spacial score (nSPS) is 14.8. The quantitative estimate of drug-likeness (QED) is 0.923. The van der Waals surface area contributed by atoms with Crippen molar-refractivity contribution in [3.63, 3.8) is 0 Å². The van der Waals surface area contributed by atoms with Gasteiger partial charge >= 0.3 is 0 Å². The lowest BCUT2D eigenvalue weighted by Crippen LogP contribution is -2.34. The highest BCUT2D eigenvalue weighted by Crippen LogP contribution is 2.26. The average Bonchev–Trinajstić information content (AvgIpc) is 2.77. The smallest absolute Gasteiger partial charge is 0.223 e. The molecule has 0 spiro atoms. The van der Waals surface area contributed by atoms with Gasteiger partial charge in [-0.2, -0.15) is 5.10 Å². The monoisotopic (exact) mass is 270 g/mol. The summed E-state index contributed by atoms with van der Waals surface area (Å²) in [5.41, 5.74) is 2.71. The second kappa shape index (κ2) is 5.45. The van der Waals surface area contributed by atoms with Gasteiger partial charge in [0, 0.05) is 19.2 Å². The Kier molecular flexibility index (Phi) is 3.50. The van der Waals surface area contributed by atoms with Gasteiger partial charge in [0.25, 0.3) is 0 Å². The number of rotatable bonds is 4. The van der Waals surface area contributed by atoms with E-state index < -0.39 is 0 Å². The molecule has 104 valence electrons. The van der Waals surface area contributed by atoms with Gasteiger partial charge in [0.15, 0.2) is 0 Å². The van der Waals surface area contributed by atoms with Crippen LogP contribution in [0.5, 0.6) is 0 Å². The first-order valence-electron chi connectivity index (χ1n) is 6.96. The zero-order chi connectivity index (χ0) is 13.9. The fourth-order valence-corrected chi connectivity index (χ4v) is 2.36. The summed E-state index contributed by atoms with van der Waals surface area (Å²) in [6.07, 6.45) is 4.98. The summed E-state index contributed by atoms with van der Waals surface area (Å²) in [6.45, 7) is 0.482. The first kappa shape index (κ1) is 12.8. The van der Waals surface area contributed by atoms with Crippen molar-refractivity contribution < 1.29 is 4.79 Å². The predicted octanol–water partition coefficient (Wildman–Crippen LogP) is 1.90. The highest BCUT2D eigenvalue weighted by molar-refractivity contribution is 5.79. The maximum atomic E-state index is 11.8. The van der Waals surface area contributed by atoms with Gasteiger partial charge in [-0.05, 0) is 31.0 Å². The van der Waals surface area contributed by atoms with E-state index in [9.17, 15) is 4.79 Å². The highest BCUT2D eigenvalue weighted by atomic mass is 16.1. The summed E-state index contributed by atoms with van der Waals surface area (Å²) in [6, 6.07) is 7.77. The fourth-order valence-electron chi connectivity index (χ4n) is 2.36. The van der Waals surface area contributed by atoms with Gasteiger partial charge in [0.05, 0.1) is 23.6 Å². The first-order valence-corrected chi connectivity index (χ1v) is 6.96. The van der Waals surface area contributed by atoms with E-state index in [1.54, 1.807) is 10.9 Å². The minimum Gasteiger partial charge on any atom is -0.350 e. The van der Waals surface area contributed by atoms with E-state index in [1.165, 1.54) is 6.42 Å². The van der Waals surface area contributed by atoms with Crippen molar-refractivity contribution in [2.75, 3.05) is 0 Å². The molecule has 1 aliphatic carbocycles. The number of nitrogens with one attached hydrogen (secondary N) is 1. The van der Waals surface area contributed by atoms with Crippen LogP contribution in [-0.2, 0) is 18.4 Å². The van der Waals surface area contributed by atoms with Crippen molar-refractivity contribution in [1.29, 1.82) is 0 Å². The Morgan fingerprint density at radius 2 is 2.30 bits per heavy atom. The molecule has 1 aliphatic rings. The molecule has 1 saturated carbocycles. The first-order chi connectivity index (χ1) is 9.74. The van der Waals surface area contributed by atoms with Crippen molar-refractivity contribution in [2.45, 2.75) is 25.8 Å². The summed E-state index contributed by atoms with van der Waals surface area (Å²) in [5, 5.41) is 7.38. The van der Waals surface area contributed by atoms with Gasteiger partial charge in [0.2, 0.25) is 5.91 Å². The van der Waals surface area contributed by atoms with Crippen LogP contribution in [0.1, 0.15) is 25.0 Å². The van der Waals surface area contributed by atoms with Gasteiger partial charge in [-0.25, -0.2) is 0 Å². The number of aryl methyl sites for hydroxylation is 1. The molecule has 0 atom stereocenters. The van der Waals surface area contributed by atoms with E-state index in [0.29, 0.717) is 6.54 Å². The van der Waals surface area contributed by atoms with Crippen LogP contribution in [0.25, 0.3) is 11.4 Å². The average molecular weight is 270 g/mol. The number of carbonyl (C=O) groups excluding carboxylic acids is 1. The standard InChI is InChI=1S/C15H18N4O/c1-19-14(13-7-2-3-8-16-13)9-12(18-19)10-17-15(20)11-5-4-6-11/h2-3,7-9,11H,4-6,10H2,1H3,(H,17,20). The molecule has 5 heteroatoms. The van der Waals surface area contributed by atoms with Crippen LogP contribution < -0.4 is 5.32 Å². The molecule has 2 heterocycles. The molecular formula is C15H18N4O. The van der Waals surface area contributed by atoms with Crippen molar-refractivity contribution in [3.05, 3.63) is 36.2 Å². The van der Waals surface area contributed by atoms with Crippen LogP contribution in [0.2, 0.25) is 0 Å². The van der Waals surface area contributed by atoms with Crippen molar-refractivity contribution in [3.8, 4) is 11.4 Å². The molecule has 0 radical (unpaired) electrons. The zero-order valence-corrected chi connectivity index (χ0v) is 11.5. The number of nitrogens with zero attached hydrogens (tertiary/aromatic N) is 3. The largest absolute Gasteiger partial charge is 0.350 e. The van der Waals surface area contributed by atoms with Crippen LogP contribution in [0.3, 0.4) is 0 Å². The third kappa shape index (κ3) is 2.57. The summed E-state index contributed by atoms with van der Waals surface area (Å²) < 4.78 is 1.80. The number of amides is 1. The topological polar surface area (TPSA) is 59.8 Å². The van der Waals surface area contributed by atoms with Crippen LogP contribution in [-0.4, -0.2) is 20.7 Å². The Labute approximate surface area is 118 Å². The Hall–Kier alpha value is -2.17. The van der Waals surface area contributed by atoms with Gasteiger partial charge in [-0.3, -0.25) is 14.5 Å². The van der Waals surface area contributed by atoms with Crippen molar-refractivity contribution in [1.82, 2.24) is 20.1 Å². The van der Waals surface area contributed by atoms with Crippen LogP contribution >= 0.6 is 0 Å². The Bertz CT molecular complexity index is 602. The number of hydrogen-bond donors (Lipinski definition) is 1. The van der Waals surface area contributed by atoms with Gasteiger partial charge < -0.3 is 5.32 Å². The Morgan fingerprint density at radius 3 is 2.95 bits per heavy atom. The van der Waals surface area contributed by atoms with Gasteiger partial charge in [-0.1, -0.05) is 12.5 Å². The lowest BCUT2D eigenvalue weighted by molar-refractivity contribution is -0.127. The van der Waals surface area contributed by atoms with Gasteiger partial charge in [0.1, 0.15) is 0 Å². The lowest BCUT2D eigenvalue weighted by atomic mass is 9.85. The molecule has 5 nitrogen and oxygen atoms in total. The highest BCUT2D eigenvalue weighted by Gasteiger charge is 2.24. The summed E-state index contributed by atoms with van der Waals surface area (Å²) >= 11 is 0. The molecule has 3 rings (SSSR count). The maximum absolute atomic E-state index is 11.8. The SMILES string of the molecule is Cn1nc(CNC(=O)C2CCC2)cc1-c1ccccn1. The number of carbonyl (C=O) groups is 1. The van der Waals surface area contributed by atoms with E-state index in [-0.39, 0.29) is 11.8 Å². The Balaban J connectivity index is 1.68. The number of hydrogen-bond acceptors (Lipinski definition) is 3. The van der Waals surface area contributed by atoms with Crippen molar-refractivity contribution in [2.24, 2.45) is 13.0 Å². The summed E-state index contributed by atoms with van der Waals surface area (Å²) in [4.78, 5) is 16.1. The fraction of sp³-hybridized carbons (Fsp3) is 0.400. The molecule has 2 aromatic heterocycles. The van der Waals surface area contributed by atoms with Crippen LogP contribution in [0.15, 0.2) is 30.5 Å². The Morgan fingerprint density at radius 1 is 1.45 bits per heavy atom. The minimum absolute atomic E-state index is 0.154. The maximum Gasteiger partial charge on any atom is 0.223 e. The molecule has 20 heavy (non-hydrogen) atoms. The second-order valence-electron chi connectivity index (χ2n) is 5.21. The van der Waals surface area contributed by atoms with E-state index in [1.807, 2.05) is 31.3 Å². The minimum atomic E-state index is 0.154. The molecule has 0 bridgehead atoms. The summed E-state index contributed by atoms with van der Waals surface area (Å²) in [7, 11) is 1.89. The molecule has 0 unspecified atom stereocenters. The molecule has 2 aromatic rings. The molecule has 0 aliphatic heterocycles. The van der Waals surface area contributed by atoms with E-state index in [4.69, 9.17) is 0 Å². The van der Waals surface area contributed by atoms with E-state index >= 15 is 0 Å². The molecule has 0 saturated heterocycles. The molecule has 1 fully saturated rings. The van der Waals surface area contributed by atoms with Crippen molar-refractivity contribution >= 4 is 5.91 Å². The molecule has 1 amide bonds. The zero-order valence-electron chi connectivity index (χ0n) is 11.5. The number of aromatic nitrogens is 3. The van der Waals surface area contributed by atoms with Crippen LogP contribution in [0, 0.1) is 5.92 Å². The summed E-state index contributed by atoms with van der Waals surface area (Å²) in [5.74, 6) is 0.371. The van der Waals surface area contributed by atoms with Crippen LogP contribution in [0.4, 0.5) is 0 Å². The van der Waals surface area contributed by atoms with Gasteiger partial charge in [-0.15, -0.1) is 0 Å². The lowest BCUT2D eigenvalue weighted by Gasteiger charge is -2.23. The molecular weight excluding hydrogens is 252 g/mol. The van der Waals surface area contributed by atoms with E-state index in [0.717, 1.165) is 29.9 Å². The molecule has 1 N–H and O–H groups in total. The molecule has 0 aromatic carbocycles. The predicted molar refractivity (Wildman–Crippen MR) is 75.6 cm³/mol. The second-order valence-corrected chi connectivity index (χ2v) is 5.21. The van der Waals surface area contributed by atoms with E-state index in [2.05, 4.69) is 15.4 Å². The third-order valence-corrected chi connectivity index (χ3v) is 3.78. The third-order valence-electron chi connectivity index (χ3n) is 3.78.